The second-order valence-corrected chi connectivity index (χ2v) is 10.4. The lowest BCUT2D eigenvalue weighted by molar-refractivity contribution is -0.140. The van der Waals surface area contributed by atoms with Gasteiger partial charge in [0, 0.05) is 34.3 Å². The first kappa shape index (κ1) is 26.2. The summed E-state index contributed by atoms with van der Waals surface area (Å²) < 4.78 is 19.5. The molecule has 2 heterocycles. The van der Waals surface area contributed by atoms with E-state index in [-0.39, 0.29) is 23.7 Å². The molecule has 200 valence electrons. The second kappa shape index (κ2) is 10.4. The van der Waals surface area contributed by atoms with Gasteiger partial charge in [-0.1, -0.05) is 44.2 Å². The van der Waals surface area contributed by atoms with Gasteiger partial charge in [0.1, 0.15) is 17.3 Å². The Morgan fingerprint density at radius 3 is 2.46 bits per heavy atom. The number of ether oxygens (including phenoxy) is 1. The molecule has 0 saturated carbocycles. The molecule has 1 amide bonds. The van der Waals surface area contributed by atoms with Gasteiger partial charge in [0.15, 0.2) is 0 Å². The summed E-state index contributed by atoms with van der Waals surface area (Å²) in [6.07, 6.45) is 0. The van der Waals surface area contributed by atoms with Crippen molar-refractivity contribution < 1.29 is 23.8 Å². The van der Waals surface area contributed by atoms with Crippen LogP contribution in [0.3, 0.4) is 0 Å². The van der Waals surface area contributed by atoms with E-state index in [0.29, 0.717) is 29.4 Å². The first-order valence-corrected chi connectivity index (χ1v) is 13.0. The van der Waals surface area contributed by atoms with Crippen LogP contribution < -0.4 is 4.74 Å². The number of para-hydroxylation sites is 1. The number of aromatic amines is 1. The smallest absolute Gasteiger partial charge is 0.295 e. The number of hydrogen-bond acceptors (Lipinski definition) is 4. The van der Waals surface area contributed by atoms with Crippen LogP contribution in [0.2, 0.25) is 0 Å². The van der Waals surface area contributed by atoms with E-state index in [4.69, 9.17) is 4.74 Å². The lowest BCUT2D eigenvalue weighted by Crippen LogP contribution is -2.29. The number of likely N-dealkylation sites (tertiary alicyclic amines) is 1. The molecule has 0 radical (unpaired) electrons. The first-order chi connectivity index (χ1) is 18.7. The number of carbonyl (C=O) groups is 2. The van der Waals surface area contributed by atoms with Crippen LogP contribution in [0.1, 0.15) is 47.8 Å². The fraction of sp³-hybridized carbons (Fsp3) is 0.250. The van der Waals surface area contributed by atoms with Gasteiger partial charge in [-0.3, -0.25) is 9.59 Å². The number of hydrogen-bond donors (Lipinski definition) is 2. The predicted octanol–water partition coefficient (Wildman–Crippen LogP) is 6.58. The van der Waals surface area contributed by atoms with E-state index in [2.05, 4.69) is 18.8 Å². The van der Waals surface area contributed by atoms with Gasteiger partial charge in [0.05, 0.1) is 18.2 Å². The minimum atomic E-state index is -0.844. The molecule has 0 spiro atoms. The number of rotatable bonds is 7. The number of aromatic nitrogens is 1. The molecule has 1 aromatic heterocycles. The van der Waals surface area contributed by atoms with E-state index in [1.165, 1.54) is 17.0 Å². The maximum atomic E-state index is 13.6. The van der Waals surface area contributed by atoms with Gasteiger partial charge in [-0.25, -0.2) is 4.39 Å². The number of Topliss-reactive ketones (excluding diaryl/α,β-unsaturated/α-hetero) is 1. The van der Waals surface area contributed by atoms with Crippen molar-refractivity contribution in [1.82, 2.24) is 9.88 Å². The number of H-pyrrole nitrogens is 1. The van der Waals surface area contributed by atoms with Crippen LogP contribution in [0, 0.1) is 25.6 Å². The van der Waals surface area contributed by atoms with E-state index in [0.717, 1.165) is 27.7 Å². The predicted molar refractivity (Wildman–Crippen MR) is 149 cm³/mol. The molecule has 1 saturated heterocycles. The fourth-order valence-corrected chi connectivity index (χ4v) is 5.15. The summed E-state index contributed by atoms with van der Waals surface area (Å²) in [4.78, 5) is 31.8. The Bertz CT molecular complexity index is 1600. The molecule has 3 aromatic carbocycles. The summed E-state index contributed by atoms with van der Waals surface area (Å²) >= 11 is 0. The Morgan fingerprint density at radius 1 is 1.05 bits per heavy atom. The van der Waals surface area contributed by atoms with Crippen molar-refractivity contribution in [2.45, 2.75) is 40.3 Å². The molecule has 7 heteroatoms. The largest absolute Gasteiger partial charge is 0.507 e. The number of aryl methyl sites for hydroxylation is 2. The highest BCUT2D eigenvalue weighted by Gasteiger charge is 2.47. The quantitative estimate of drug-likeness (QED) is 0.162. The molecule has 6 nitrogen and oxygen atoms in total. The van der Waals surface area contributed by atoms with Gasteiger partial charge < -0.3 is 19.7 Å². The molecule has 1 fully saturated rings. The Morgan fingerprint density at radius 2 is 1.77 bits per heavy atom. The van der Waals surface area contributed by atoms with Gasteiger partial charge in [-0.2, -0.15) is 0 Å². The number of amides is 1. The minimum absolute atomic E-state index is 0.0187. The highest BCUT2D eigenvalue weighted by atomic mass is 19.1. The number of halogens is 1. The van der Waals surface area contributed by atoms with Crippen molar-refractivity contribution >= 4 is 28.4 Å². The number of fused-ring (bicyclic) bond motifs is 1. The zero-order valence-corrected chi connectivity index (χ0v) is 22.4. The number of benzene rings is 3. The maximum absolute atomic E-state index is 13.6. The fourth-order valence-electron chi connectivity index (χ4n) is 5.15. The summed E-state index contributed by atoms with van der Waals surface area (Å²) in [7, 11) is 0. The topological polar surface area (TPSA) is 82.6 Å². The molecule has 39 heavy (non-hydrogen) atoms. The van der Waals surface area contributed by atoms with Crippen molar-refractivity contribution in [3.63, 3.8) is 0 Å². The van der Waals surface area contributed by atoms with Crippen LogP contribution in [0.15, 0.2) is 72.3 Å². The number of carbonyl (C=O) groups excluding carboxylic acids is 2. The van der Waals surface area contributed by atoms with Gasteiger partial charge in [0.25, 0.3) is 11.7 Å². The average molecular weight is 527 g/mol. The third-order valence-corrected chi connectivity index (χ3v) is 7.04. The lowest BCUT2D eigenvalue weighted by Gasteiger charge is -2.26. The number of nitrogens with one attached hydrogen (secondary N) is 1. The third kappa shape index (κ3) is 4.92. The van der Waals surface area contributed by atoms with E-state index >= 15 is 0 Å². The SMILES string of the molecule is Cc1cc(/C(O)=C2\C(=O)C(=O)N(Cc3ccc(F)cc3)C2c2c(C)[nH]c3ccccc23)ccc1OCC(C)C. The Labute approximate surface area is 226 Å². The molecule has 1 aliphatic heterocycles. The zero-order valence-electron chi connectivity index (χ0n) is 22.4. The van der Waals surface area contributed by atoms with Crippen molar-refractivity contribution in [2.24, 2.45) is 5.92 Å². The van der Waals surface area contributed by atoms with Gasteiger partial charge >= 0.3 is 0 Å². The van der Waals surface area contributed by atoms with E-state index in [1.54, 1.807) is 30.3 Å². The molecule has 0 bridgehead atoms. The van der Waals surface area contributed by atoms with E-state index < -0.39 is 17.7 Å². The van der Waals surface area contributed by atoms with Crippen LogP contribution in [0.25, 0.3) is 16.7 Å². The molecule has 2 N–H and O–H groups in total. The molecule has 0 aliphatic carbocycles. The van der Waals surface area contributed by atoms with Gasteiger partial charge in [-0.05, 0) is 67.3 Å². The van der Waals surface area contributed by atoms with Crippen LogP contribution in [-0.2, 0) is 16.1 Å². The third-order valence-electron chi connectivity index (χ3n) is 7.04. The van der Waals surface area contributed by atoms with Gasteiger partial charge in [0.2, 0.25) is 0 Å². The molecule has 1 atom stereocenters. The molecule has 1 unspecified atom stereocenters. The average Bonchev–Trinajstić information content (AvgIpc) is 3.36. The van der Waals surface area contributed by atoms with Crippen LogP contribution in [-0.4, -0.2) is 33.3 Å². The molecule has 1 aliphatic rings. The number of ketones is 1. The van der Waals surface area contributed by atoms with E-state index in [1.807, 2.05) is 38.1 Å². The Hall–Kier alpha value is -4.39. The molecular formula is C32H31FN2O4. The monoisotopic (exact) mass is 526 g/mol. The van der Waals surface area contributed by atoms with Crippen molar-refractivity contribution in [2.75, 3.05) is 6.61 Å². The highest BCUT2D eigenvalue weighted by Crippen LogP contribution is 2.44. The lowest BCUT2D eigenvalue weighted by atomic mass is 9.93. The van der Waals surface area contributed by atoms with Crippen LogP contribution in [0.5, 0.6) is 5.75 Å². The van der Waals surface area contributed by atoms with Gasteiger partial charge in [-0.15, -0.1) is 0 Å². The first-order valence-electron chi connectivity index (χ1n) is 13.0. The summed E-state index contributed by atoms with van der Waals surface area (Å²) in [6.45, 7) is 8.52. The normalized spacial score (nSPS) is 17.0. The standard InChI is InChI=1S/C32H31FN2O4/c1-18(2)17-39-26-14-11-22(15-19(26)3)30(36)28-29(27-20(4)34-25-8-6-5-7-24(25)27)35(32(38)31(28)37)16-21-9-12-23(33)13-10-21/h5-15,18,29,34,36H,16-17H2,1-4H3/b30-28+. The van der Waals surface area contributed by atoms with Crippen molar-refractivity contribution in [3.05, 3.63) is 106 Å². The molecule has 4 aromatic rings. The Kier molecular flexibility index (Phi) is 7.00. The number of nitrogens with zero attached hydrogens (tertiary/aromatic N) is 1. The number of aliphatic hydroxyl groups is 1. The molecule has 5 rings (SSSR count). The number of aliphatic hydroxyl groups excluding tert-OH is 1. The zero-order chi connectivity index (χ0) is 27.8. The Balaban J connectivity index is 1.66. The maximum Gasteiger partial charge on any atom is 0.295 e. The van der Waals surface area contributed by atoms with E-state index in [9.17, 15) is 19.1 Å². The summed E-state index contributed by atoms with van der Waals surface area (Å²) in [6, 6.07) is 17.9. The summed E-state index contributed by atoms with van der Waals surface area (Å²) in [5, 5.41) is 12.4. The molecular weight excluding hydrogens is 495 g/mol. The highest BCUT2D eigenvalue weighted by molar-refractivity contribution is 6.46. The minimum Gasteiger partial charge on any atom is -0.507 e. The van der Waals surface area contributed by atoms with Crippen LogP contribution >= 0.6 is 0 Å². The van der Waals surface area contributed by atoms with Crippen LogP contribution in [0.4, 0.5) is 4.39 Å². The van der Waals surface area contributed by atoms with Crippen molar-refractivity contribution in [1.29, 1.82) is 0 Å². The second-order valence-electron chi connectivity index (χ2n) is 10.4. The summed E-state index contributed by atoms with van der Waals surface area (Å²) in [5.74, 6) is -1.06. The summed E-state index contributed by atoms with van der Waals surface area (Å²) in [5.41, 5.74) is 4.30. The van der Waals surface area contributed by atoms with Crippen molar-refractivity contribution in [3.8, 4) is 5.75 Å².